The van der Waals surface area contributed by atoms with Gasteiger partial charge in [-0.1, -0.05) is 39.0 Å². The molecular formula is C28H39NO3. The quantitative estimate of drug-likeness (QED) is 0.581. The van der Waals surface area contributed by atoms with E-state index < -0.39 is 11.7 Å². The van der Waals surface area contributed by atoms with Crippen molar-refractivity contribution >= 4 is 10.9 Å². The van der Waals surface area contributed by atoms with Crippen molar-refractivity contribution in [3.63, 3.8) is 0 Å². The first kappa shape index (κ1) is 21.2. The molecule has 0 spiro atoms. The van der Waals surface area contributed by atoms with Crippen LogP contribution in [0.3, 0.4) is 0 Å². The topological polar surface area (TPSA) is 65.5 Å². The Labute approximate surface area is 191 Å². The third kappa shape index (κ3) is 2.39. The van der Waals surface area contributed by atoms with Gasteiger partial charge in [0.2, 0.25) is 0 Å². The van der Waals surface area contributed by atoms with Crippen molar-refractivity contribution < 1.29 is 14.9 Å². The van der Waals surface area contributed by atoms with Crippen LogP contribution in [0.25, 0.3) is 10.9 Å². The van der Waals surface area contributed by atoms with Crippen LogP contribution < -0.4 is 0 Å². The van der Waals surface area contributed by atoms with E-state index in [4.69, 9.17) is 4.74 Å². The van der Waals surface area contributed by atoms with Crippen LogP contribution >= 0.6 is 0 Å². The normalized spacial score (nSPS) is 45.8. The van der Waals surface area contributed by atoms with E-state index in [2.05, 4.69) is 50.0 Å². The van der Waals surface area contributed by atoms with Gasteiger partial charge in [0.1, 0.15) is 0 Å². The zero-order valence-corrected chi connectivity index (χ0v) is 20.2. The molecule has 8 atom stereocenters. The lowest BCUT2D eigenvalue weighted by atomic mass is 9.39. The molecule has 1 saturated heterocycles. The summed E-state index contributed by atoms with van der Waals surface area (Å²) in [6.45, 7) is 10.9. The Kier molecular flexibility index (Phi) is 4.24. The fourth-order valence-electron chi connectivity index (χ4n) is 8.93. The van der Waals surface area contributed by atoms with Gasteiger partial charge in [0.25, 0.3) is 0 Å². The Balaban J connectivity index is 1.44. The van der Waals surface area contributed by atoms with Crippen molar-refractivity contribution in [3.05, 3.63) is 35.5 Å². The fraction of sp³-hybridized carbons (Fsp3) is 0.714. The first-order chi connectivity index (χ1) is 15.0. The number of fused-ring (bicyclic) bond motifs is 9. The van der Waals surface area contributed by atoms with Crippen molar-refractivity contribution in [2.24, 2.45) is 22.7 Å². The molecular weight excluding hydrogens is 398 g/mol. The standard InChI is InChI=1S/C28H39NO3/c1-25(2,31)23-15-21(30)27(4)20-11-10-16-14-18-17-8-6-7-9-19(17)29-24(18)28(16,5)26(20,3)13-12-22(27)32-23/h6-9,16,20-23,29-31H,10-15H2,1-5H3/t16-,20+,21+,22-,23-,26-,27+,28+/m0/s1. The highest BCUT2D eigenvalue weighted by molar-refractivity contribution is 5.86. The summed E-state index contributed by atoms with van der Waals surface area (Å²) in [4.78, 5) is 3.87. The summed E-state index contributed by atoms with van der Waals surface area (Å²) in [6.07, 6.45) is 5.33. The minimum Gasteiger partial charge on any atom is -0.392 e. The predicted octanol–water partition coefficient (Wildman–Crippen LogP) is 5.10. The molecule has 1 aromatic heterocycles. The highest BCUT2D eigenvalue weighted by Crippen LogP contribution is 2.71. The minimum atomic E-state index is -0.933. The van der Waals surface area contributed by atoms with Crippen LogP contribution in [0.15, 0.2) is 24.3 Å². The molecule has 1 aliphatic heterocycles. The molecule has 0 bridgehead atoms. The minimum absolute atomic E-state index is 0.00416. The number of hydrogen-bond donors (Lipinski definition) is 3. The number of benzene rings is 1. The fourth-order valence-corrected chi connectivity index (χ4v) is 8.93. The SMILES string of the molecule is CC(C)(O)[C@@H]1C[C@@H](O)[C@]2(C)[C@H](CC[C@@]3(C)[C@H]2CC[C@H]2Cc4c([nH]c5ccccc45)[C@@]23C)O1. The zero-order chi connectivity index (χ0) is 22.7. The third-order valence-corrected chi connectivity index (χ3v) is 11.0. The van der Waals surface area contributed by atoms with E-state index in [0.717, 1.165) is 25.7 Å². The van der Waals surface area contributed by atoms with Crippen LogP contribution in [0.5, 0.6) is 0 Å². The van der Waals surface area contributed by atoms with Gasteiger partial charge >= 0.3 is 0 Å². The molecule has 2 saturated carbocycles. The molecule has 32 heavy (non-hydrogen) atoms. The van der Waals surface area contributed by atoms with Gasteiger partial charge in [0.15, 0.2) is 0 Å². The maximum Gasteiger partial charge on any atom is 0.0885 e. The molecule has 0 unspecified atom stereocenters. The van der Waals surface area contributed by atoms with Crippen LogP contribution in [0, 0.1) is 22.7 Å². The summed E-state index contributed by atoms with van der Waals surface area (Å²) < 4.78 is 6.57. The Bertz CT molecular complexity index is 1070. The van der Waals surface area contributed by atoms with Crippen LogP contribution in [-0.2, 0) is 16.6 Å². The van der Waals surface area contributed by atoms with E-state index in [9.17, 15) is 10.2 Å². The number of aromatic nitrogens is 1. The summed E-state index contributed by atoms with van der Waals surface area (Å²) in [6, 6.07) is 8.77. The summed E-state index contributed by atoms with van der Waals surface area (Å²) in [5, 5.41) is 23.6. The Hall–Kier alpha value is -1.36. The first-order valence-electron chi connectivity index (χ1n) is 12.7. The molecule has 2 aromatic rings. The molecule has 3 aliphatic carbocycles. The van der Waals surface area contributed by atoms with Gasteiger partial charge in [-0.15, -0.1) is 0 Å². The number of aliphatic hydroxyl groups excluding tert-OH is 1. The second-order valence-corrected chi connectivity index (χ2v) is 12.6. The second-order valence-electron chi connectivity index (χ2n) is 12.6. The number of ether oxygens (including phenoxy) is 1. The summed E-state index contributed by atoms with van der Waals surface area (Å²) in [5.41, 5.74) is 3.21. The monoisotopic (exact) mass is 437 g/mol. The molecule has 3 fully saturated rings. The van der Waals surface area contributed by atoms with Crippen molar-refractivity contribution in [3.8, 4) is 0 Å². The van der Waals surface area contributed by atoms with E-state index in [1.54, 1.807) is 0 Å². The summed E-state index contributed by atoms with van der Waals surface area (Å²) in [5.74, 6) is 1.05. The van der Waals surface area contributed by atoms with Crippen molar-refractivity contribution in [2.45, 2.75) is 102 Å². The Morgan fingerprint density at radius 3 is 2.59 bits per heavy atom. The number of H-pyrrole nitrogens is 1. The van der Waals surface area contributed by atoms with Gasteiger partial charge < -0.3 is 19.9 Å². The first-order valence-corrected chi connectivity index (χ1v) is 12.7. The van der Waals surface area contributed by atoms with Crippen molar-refractivity contribution in [1.29, 1.82) is 0 Å². The highest BCUT2D eigenvalue weighted by Gasteiger charge is 2.69. The van der Waals surface area contributed by atoms with E-state index in [1.807, 2.05) is 13.8 Å². The van der Waals surface area contributed by atoms with Gasteiger partial charge in [-0.3, -0.25) is 0 Å². The summed E-state index contributed by atoms with van der Waals surface area (Å²) in [7, 11) is 0. The van der Waals surface area contributed by atoms with Crippen LogP contribution in [0.2, 0.25) is 0 Å². The number of aliphatic hydroxyl groups is 2. The lowest BCUT2D eigenvalue weighted by molar-refractivity contribution is -0.280. The molecule has 0 amide bonds. The molecule has 6 rings (SSSR count). The Morgan fingerprint density at radius 2 is 1.84 bits per heavy atom. The van der Waals surface area contributed by atoms with Crippen molar-refractivity contribution in [2.75, 3.05) is 0 Å². The Morgan fingerprint density at radius 1 is 1.09 bits per heavy atom. The number of para-hydroxylation sites is 1. The van der Waals surface area contributed by atoms with Crippen LogP contribution in [0.4, 0.5) is 0 Å². The van der Waals surface area contributed by atoms with Gasteiger partial charge in [-0.25, -0.2) is 0 Å². The van der Waals surface area contributed by atoms with E-state index in [0.29, 0.717) is 18.3 Å². The lowest BCUT2D eigenvalue weighted by Crippen LogP contribution is -2.68. The van der Waals surface area contributed by atoms with Crippen LogP contribution in [0.1, 0.15) is 78.0 Å². The van der Waals surface area contributed by atoms with Gasteiger partial charge in [0.05, 0.1) is 23.9 Å². The molecule has 4 nitrogen and oxygen atoms in total. The lowest BCUT2D eigenvalue weighted by Gasteiger charge is -2.67. The van der Waals surface area contributed by atoms with E-state index in [1.165, 1.54) is 28.6 Å². The van der Waals surface area contributed by atoms with Gasteiger partial charge in [-0.05, 0) is 74.8 Å². The van der Waals surface area contributed by atoms with Gasteiger partial charge in [0, 0.05) is 33.8 Å². The predicted molar refractivity (Wildman–Crippen MR) is 127 cm³/mol. The second kappa shape index (κ2) is 6.40. The molecule has 4 heteroatoms. The zero-order valence-electron chi connectivity index (χ0n) is 20.2. The molecule has 4 aliphatic rings. The maximum absolute atomic E-state index is 11.6. The number of aromatic amines is 1. The number of nitrogens with one attached hydrogen (secondary N) is 1. The van der Waals surface area contributed by atoms with Gasteiger partial charge in [-0.2, -0.15) is 0 Å². The molecule has 174 valence electrons. The van der Waals surface area contributed by atoms with Crippen molar-refractivity contribution in [1.82, 2.24) is 4.98 Å². The molecule has 0 radical (unpaired) electrons. The molecule has 3 N–H and O–H groups in total. The smallest absolute Gasteiger partial charge is 0.0885 e. The molecule has 2 heterocycles. The summed E-state index contributed by atoms with van der Waals surface area (Å²) >= 11 is 0. The highest BCUT2D eigenvalue weighted by atomic mass is 16.5. The third-order valence-electron chi connectivity index (χ3n) is 11.0. The number of hydrogen-bond acceptors (Lipinski definition) is 3. The average Bonchev–Trinajstić information content (AvgIpc) is 3.23. The van der Waals surface area contributed by atoms with E-state index >= 15 is 0 Å². The average molecular weight is 438 g/mol. The maximum atomic E-state index is 11.6. The van der Waals surface area contributed by atoms with E-state index in [-0.39, 0.29) is 28.5 Å². The largest absolute Gasteiger partial charge is 0.392 e. The van der Waals surface area contributed by atoms with Crippen LogP contribution in [-0.4, -0.2) is 39.1 Å². The molecule has 1 aromatic carbocycles. The number of rotatable bonds is 1.